The molecular formula is C12H12N2O. The van der Waals surface area contributed by atoms with Gasteiger partial charge >= 0.3 is 0 Å². The van der Waals surface area contributed by atoms with E-state index < -0.39 is 5.41 Å². The van der Waals surface area contributed by atoms with E-state index in [1.54, 1.807) is 0 Å². The van der Waals surface area contributed by atoms with E-state index in [0.717, 1.165) is 17.8 Å². The standard InChI is InChI=1S/C12H12N2O/c15-11-12(6-3-7-13-8-12)9-4-1-2-5-10(9)14-11/h1-6,13H,7-8H2,(H,14,15). The molecule has 0 saturated carbocycles. The minimum absolute atomic E-state index is 0.0761. The van der Waals surface area contributed by atoms with Gasteiger partial charge in [-0.05, 0) is 11.6 Å². The second-order valence-corrected chi connectivity index (χ2v) is 4.00. The van der Waals surface area contributed by atoms with Crippen LogP contribution < -0.4 is 10.6 Å². The maximum Gasteiger partial charge on any atom is 0.240 e. The van der Waals surface area contributed by atoms with Crippen LogP contribution in [0.5, 0.6) is 0 Å². The number of fused-ring (bicyclic) bond motifs is 2. The van der Waals surface area contributed by atoms with Crippen molar-refractivity contribution in [2.24, 2.45) is 0 Å². The van der Waals surface area contributed by atoms with Gasteiger partial charge < -0.3 is 10.6 Å². The van der Waals surface area contributed by atoms with Crippen LogP contribution in [0.4, 0.5) is 5.69 Å². The molecule has 3 nitrogen and oxygen atoms in total. The first-order chi connectivity index (χ1) is 7.33. The van der Waals surface area contributed by atoms with Gasteiger partial charge in [-0.2, -0.15) is 0 Å². The molecule has 2 aliphatic rings. The fourth-order valence-electron chi connectivity index (χ4n) is 2.35. The van der Waals surface area contributed by atoms with Crippen molar-refractivity contribution >= 4 is 11.6 Å². The molecule has 0 saturated heterocycles. The molecule has 0 aromatic heterocycles. The normalized spacial score (nSPS) is 27.9. The van der Waals surface area contributed by atoms with E-state index in [4.69, 9.17) is 0 Å². The highest BCUT2D eigenvalue weighted by Gasteiger charge is 2.44. The number of rotatable bonds is 0. The van der Waals surface area contributed by atoms with E-state index in [1.807, 2.05) is 36.4 Å². The van der Waals surface area contributed by atoms with Crippen molar-refractivity contribution in [1.29, 1.82) is 0 Å². The minimum atomic E-state index is -0.477. The molecule has 3 rings (SSSR count). The van der Waals surface area contributed by atoms with Gasteiger partial charge in [-0.15, -0.1) is 0 Å². The minimum Gasteiger partial charge on any atom is -0.325 e. The average molecular weight is 200 g/mol. The van der Waals surface area contributed by atoms with Crippen LogP contribution in [0.1, 0.15) is 5.56 Å². The van der Waals surface area contributed by atoms with Crippen LogP contribution in [0, 0.1) is 0 Å². The van der Waals surface area contributed by atoms with Crippen LogP contribution >= 0.6 is 0 Å². The highest BCUT2D eigenvalue weighted by atomic mass is 16.2. The summed E-state index contributed by atoms with van der Waals surface area (Å²) < 4.78 is 0. The van der Waals surface area contributed by atoms with Crippen LogP contribution in [-0.4, -0.2) is 19.0 Å². The predicted molar refractivity (Wildman–Crippen MR) is 58.8 cm³/mol. The first-order valence-corrected chi connectivity index (χ1v) is 5.12. The van der Waals surface area contributed by atoms with Crippen molar-refractivity contribution in [2.75, 3.05) is 18.4 Å². The van der Waals surface area contributed by atoms with Crippen molar-refractivity contribution in [1.82, 2.24) is 5.32 Å². The molecule has 0 fully saturated rings. The molecule has 1 atom stereocenters. The summed E-state index contributed by atoms with van der Waals surface area (Å²) in [6, 6.07) is 7.89. The van der Waals surface area contributed by atoms with E-state index in [0.29, 0.717) is 6.54 Å². The van der Waals surface area contributed by atoms with Gasteiger partial charge in [0.05, 0.1) is 0 Å². The maximum absolute atomic E-state index is 12.0. The van der Waals surface area contributed by atoms with Gasteiger partial charge in [-0.3, -0.25) is 4.79 Å². The molecule has 0 radical (unpaired) electrons. The lowest BCUT2D eigenvalue weighted by atomic mass is 9.80. The summed E-state index contributed by atoms with van der Waals surface area (Å²) in [5.41, 5.74) is 1.55. The van der Waals surface area contributed by atoms with Gasteiger partial charge in [0.2, 0.25) is 5.91 Å². The highest BCUT2D eigenvalue weighted by Crippen LogP contribution is 2.39. The Labute approximate surface area is 88.2 Å². The summed E-state index contributed by atoms with van der Waals surface area (Å²) in [7, 11) is 0. The Morgan fingerprint density at radius 1 is 1.27 bits per heavy atom. The lowest BCUT2D eigenvalue weighted by Gasteiger charge is -2.27. The third-order valence-electron chi connectivity index (χ3n) is 3.13. The number of nitrogens with one attached hydrogen (secondary N) is 2. The number of para-hydroxylation sites is 1. The molecule has 15 heavy (non-hydrogen) atoms. The molecule has 1 unspecified atom stereocenters. The lowest BCUT2D eigenvalue weighted by Crippen LogP contribution is -2.44. The fourth-order valence-corrected chi connectivity index (χ4v) is 2.35. The number of carbonyl (C=O) groups excluding carboxylic acids is 1. The van der Waals surface area contributed by atoms with Crippen LogP contribution in [0.15, 0.2) is 36.4 Å². The second-order valence-electron chi connectivity index (χ2n) is 4.00. The van der Waals surface area contributed by atoms with Crippen LogP contribution in [0.2, 0.25) is 0 Å². The fraction of sp³-hybridized carbons (Fsp3) is 0.250. The summed E-state index contributed by atoms with van der Waals surface area (Å²) in [6.45, 7) is 1.53. The zero-order chi connectivity index (χ0) is 10.3. The number of carbonyl (C=O) groups is 1. The second kappa shape index (κ2) is 2.94. The molecule has 2 aliphatic heterocycles. The van der Waals surface area contributed by atoms with Crippen LogP contribution in [0.3, 0.4) is 0 Å². The van der Waals surface area contributed by atoms with Crippen molar-refractivity contribution in [3.63, 3.8) is 0 Å². The van der Waals surface area contributed by atoms with Crippen molar-refractivity contribution < 1.29 is 4.79 Å². The lowest BCUT2D eigenvalue weighted by molar-refractivity contribution is -0.119. The number of anilines is 1. The number of hydrogen-bond acceptors (Lipinski definition) is 2. The molecule has 0 bridgehead atoms. The van der Waals surface area contributed by atoms with Crippen molar-refractivity contribution in [3.05, 3.63) is 42.0 Å². The third kappa shape index (κ3) is 1.07. The van der Waals surface area contributed by atoms with Gasteiger partial charge in [0, 0.05) is 18.8 Å². The Balaban J connectivity index is 2.20. The highest BCUT2D eigenvalue weighted by molar-refractivity contribution is 6.08. The number of benzene rings is 1. The van der Waals surface area contributed by atoms with Crippen LogP contribution in [-0.2, 0) is 10.2 Å². The number of hydrogen-bond donors (Lipinski definition) is 2. The zero-order valence-corrected chi connectivity index (χ0v) is 8.29. The molecule has 1 spiro atoms. The Bertz CT molecular complexity index is 453. The molecule has 2 heterocycles. The van der Waals surface area contributed by atoms with Gasteiger partial charge in [0.15, 0.2) is 0 Å². The Morgan fingerprint density at radius 2 is 2.13 bits per heavy atom. The topological polar surface area (TPSA) is 41.1 Å². The first kappa shape index (κ1) is 8.68. The van der Waals surface area contributed by atoms with E-state index in [2.05, 4.69) is 10.6 Å². The SMILES string of the molecule is O=C1Nc2ccccc2C12C=CCNC2. The van der Waals surface area contributed by atoms with Crippen molar-refractivity contribution in [3.8, 4) is 0 Å². The number of amides is 1. The molecule has 1 aromatic rings. The van der Waals surface area contributed by atoms with E-state index in [-0.39, 0.29) is 5.91 Å². The summed E-state index contributed by atoms with van der Waals surface area (Å²) in [4.78, 5) is 12.0. The molecule has 2 N–H and O–H groups in total. The molecule has 1 aromatic carbocycles. The molecule has 76 valence electrons. The monoisotopic (exact) mass is 200 g/mol. The van der Waals surface area contributed by atoms with Gasteiger partial charge in [-0.1, -0.05) is 30.4 Å². The van der Waals surface area contributed by atoms with Gasteiger partial charge in [-0.25, -0.2) is 0 Å². The summed E-state index contributed by atoms with van der Waals surface area (Å²) in [6.07, 6.45) is 4.04. The first-order valence-electron chi connectivity index (χ1n) is 5.12. The smallest absolute Gasteiger partial charge is 0.240 e. The average Bonchev–Trinajstić information content (AvgIpc) is 2.55. The van der Waals surface area contributed by atoms with Gasteiger partial charge in [0.25, 0.3) is 0 Å². The van der Waals surface area contributed by atoms with E-state index >= 15 is 0 Å². The van der Waals surface area contributed by atoms with E-state index in [9.17, 15) is 4.79 Å². The quantitative estimate of drug-likeness (QED) is 0.614. The summed E-state index contributed by atoms with van der Waals surface area (Å²) >= 11 is 0. The summed E-state index contributed by atoms with van der Waals surface area (Å²) in [5, 5.41) is 6.17. The molecule has 0 aliphatic carbocycles. The molecule has 1 amide bonds. The van der Waals surface area contributed by atoms with E-state index in [1.165, 1.54) is 0 Å². The maximum atomic E-state index is 12.0. The predicted octanol–water partition coefficient (Wildman–Crippen LogP) is 1.04. The molecular weight excluding hydrogens is 188 g/mol. The third-order valence-corrected chi connectivity index (χ3v) is 3.13. The Kier molecular flexibility index (Phi) is 1.70. The Hall–Kier alpha value is -1.61. The summed E-state index contributed by atoms with van der Waals surface area (Å²) in [5.74, 6) is 0.0761. The van der Waals surface area contributed by atoms with Gasteiger partial charge in [0.1, 0.15) is 5.41 Å². The van der Waals surface area contributed by atoms with Crippen LogP contribution in [0.25, 0.3) is 0 Å². The van der Waals surface area contributed by atoms with Crippen molar-refractivity contribution in [2.45, 2.75) is 5.41 Å². The molecule has 3 heteroatoms. The zero-order valence-electron chi connectivity index (χ0n) is 8.29. The largest absolute Gasteiger partial charge is 0.325 e. The Morgan fingerprint density at radius 3 is 2.93 bits per heavy atom.